The van der Waals surface area contributed by atoms with Crippen LogP contribution in [0.4, 0.5) is 4.79 Å². The smallest absolute Gasteiger partial charge is 0.493 e. The lowest BCUT2D eigenvalue weighted by molar-refractivity contribution is 0.144. The van der Waals surface area contributed by atoms with Gasteiger partial charge in [-0.2, -0.15) is 0 Å². The maximum absolute atomic E-state index is 12.6. The van der Waals surface area contributed by atoms with Crippen LogP contribution in [0.2, 0.25) is 0 Å². The molecule has 176 valence electrons. The molecule has 0 amide bonds. The highest BCUT2D eigenvalue weighted by molar-refractivity contribution is 5.78. The first-order valence-corrected chi connectivity index (χ1v) is 11.2. The molecule has 0 atom stereocenters. The predicted octanol–water partition coefficient (Wildman–Crippen LogP) is 4.02. The predicted molar refractivity (Wildman–Crippen MR) is 124 cm³/mol. The summed E-state index contributed by atoms with van der Waals surface area (Å²) in [5, 5.41) is 8.80. The molecule has 3 aromatic rings. The maximum atomic E-state index is 12.6. The van der Waals surface area contributed by atoms with Crippen LogP contribution in [0.15, 0.2) is 41.2 Å². The molecule has 1 aliphatic heterocycles. The lowest BCUT2D eigenvalue weighted by atomic mass is 10.0. The van der Waals surface area contributed by atoms with Gasteiger partial charge in [0.2, 0.25) is 0 Å². The Hall–Kier alpha value is -3.46. The van der Waals surface area contributed by atoms with Gasteiger partial charge in [-0.3, -0.25) is 9.47 Å². The minimum Gasteiger partial charge on any atom is -0.493 e. The van der Waals surface area contributed by atoms with E-state index in [2.05, 4.69) is 22.9 Å². The zero-order chi connectivity index (χ0) is 23.4. The lowest BCUT2D eigenvalue weighted by Crippen LogP contribution is -2.36. The molecule has 0 bridgehead atoms. The number of aromatic amines is 1. The number of aromatic nitrogens is 2. The molecule has 0 aliphatic carbocycles. The third-order valence-electron chi connectivity index (χ3n) is 5.91. The molecule has 1 aliphatic rings. The van der Waals surface area contributed by atoms with E-state index in [9.17, 15) is 9.59 Å². The first-order chi connectivity index (χ1) is 16.0. The van der Waals surface area contributed by atoms with E-state index in [-0.39, 0.29) is 17.5 Å². The summed E-state index contributed by atoms with van der Waals surface area (Å²) in [5.41, 5.74) is 2.29. The van der Waals surface area contributed by atoms with Crippen LogP contribution in [0.3, 0.4) is 0 Å². The summed E-state index contributed by atoms with van der Waals surface area (Å²) in [4.78, 5) is 28.6. The van der Waals surface area contributed by atoms with Crippen LogP contribution < -0.4 is 19.9 Å². The first kappa shape index (κ1) is 22.7. The van der Waals surface area contributed by atoms with Crippen molar-refractivity contribution in [1.29, 1.82) is 0 Å². The van der Waals surface area contributed by atoms with Gasteiger partial charge in [-0.15, -0.1) is 0 Å². The molecule has 2 heterocycles. The van der Waals surface area contributed by atoms with Gasteiger partial charge in [0.15, 0.2) is 11.5 Å². The van der Waals surface area contributed by atoms with Gasteiger partial charge >= 0.3 is 11.8 Å². The summed E-state index contributed by atoms with van der Waals surface area (Å²) in [5.74, 6) is 1.69. The normalized spacial score (nSPS) is 15.0. The Kier molecular flexibility index (Phi) is 6.88. The number of benzene rings is 2. The number of likely N-dealkylation sites (tertiary alicyclic amines) is 1. The number of piperidine rings is 1. The molecule has 4 rings (SSSR count). The van der Waals surface area contributed by atoms with E-state index in [0.717, 1.165) is 61.5 Å². The highest BCUT2D eigenvalue weighted by atomic mass is 16.7. The molecule has 0 saturated carbocycles. The standard InChI is InChI=1S/C24H29N3O6/c1-3-12-32-22-13-16(4-7-21(22)31-2)15-26-10-8-17(9-11-26)27-20-6-5-18(33-24(29)30)14-19(20)25-23(27)28/h4-7,13-14,17H,3,8-12,15H2,1-2H3,(H,25,28)(H,29,30). The summed E-state index contributed by atoms with van der Waals surface area (Å²) in [7, 11) is 1.64. The van der Waals surface area contributed by atoms with Crippen LogP contribution >= 0.6 is 0 Å². The molecule has 9 heteroatoms. The van der Waals surface area contributed by atoms with Crippen LogP contribution in [0.25, 0.3) is 11.0 Å². The van der Waals surface area contributed by atoms with Crippen molar-refractivity contribution in [3.63, 3.8) is 0 Å². The Labute approximate surface area is 191 Å². The minimum absolute atomic E-state index is 0.0769. The molecule has 9 nitrogen and oxygen atoms in total. The fourth-order valence-electron chi connectivity index (χ4n) is 4.38. The van der Waals surface area contributed by atoms with Crippen LogP contribution in [0, 0.1) is 0 Å². The third-order valence-corrected chi connectivity index (χ3v) is 5.91. The second-order valence-corrected chi connectivity index (χ2v) is 8.19. The maximum Gasteiger partial charge on any atom is 0.511 e. The molecular weight excluding hydrogens is 426 g/mol. The number of nitrogens with one attached hydrogen (secondary N) is 1. The summed E-state index contributed by atoms with van der Waals surface area (Å²) in [6, 6.07) is 11.0. The van der Waals surface area contributed by atoms with Gasteiger partial charge in [0.1, 0.15) is 5.75 Å². The number of rotatable bonds is 8. The van der Waals surface area contributed by atoms with Crippen molar-refractivity contribution >= 4 is 17.2 Å². The highest BCUT2D eigenvalue weighted by Gasteiger charge is 2.24. The number of ether oxygens (including phenoxy) is 3. The van der Waals surface area contributed by atoms with Crippen LogP contribution in [0.5, 0.6) is 17.2 Å². The Morgan fingerprint density at radius 1 is 1.15 bits per heavy atom. The number of carbonyl (C=O) groups is 1. The van der Waals surface area contributed by atoms with Crippen molar-refractivity contribution in [3.05, 3.63) is 52.4 Å². The van der Waals surface area contributed by atoms with Gasteiger partial charge in [-0.05, 0) is 49.1 Å². The van der Waals surface area contributed by atoms with Crippen molar-refractivity contribution in [2.75, 3.05) is 26.8 Å². The average molecular weight is 456 g/mol. The summed E-state index contributed by atoms with van der Waals surface area (Å²) < 4.78 is 17.7. The van der Waals surface area contributed by atoms with Crippen molar-refractivity contribution in [1.82, 2.24) is 14.5 Å². The molecule has 0 spiro atoms. The zero-order valence-electron chi connectivity index (χ0n) is 18.9. The molecule has 0 radical (unpaired) electrons. The van der Waals surface area contributed by atoms with Gasteiger partial charge in [0.25, 0.3) is 0 Å². The second-order valence-electron chi connectivity index (χ2n) is 8.19. The zero-order valence-corrected chi connectivity index (χ0v) is 18.9. The van der Waals surface area contributed by atoms with Gasteiger partial charge in [0.05, 0.1) is 24.8 Å². The van der Waals surface area contributed by atoms with E-state index in [1.165, 1.54) is 0 Å². The number of imidazole rings is 1. The lowest BCUT2D eigenvalue weighted by Gasteiger charge is -2.32. The first-order valence-electron chi connectivity index (χ1n) is 11.2. The number of carboxylic acid groups (broad SMARTS) is 1. The Bertz CT molecular complexity index is 1180. The largest absolute Gasteiger partial charge is 0.511 e. The second kappa shape index (κ2) is 9.99. The SMILES string of the molecule is CCCOc1cc(CN2CCC(n3c(=O)[nH]c4cc(OC(=O)O)ccc43)CC2)ccc1OC. The Morgan fingerprint density at radius 2 is 1.94 bits per heavy atom. The molecule has 2 N–H and O–H groups in total. The summed E-state index contributed by atoms with van der Waals surface area (Å²) in [6.45, 7) is 5.25. The van der Waals surface area contributed by atoms with Gasteiger partial charge in [-0.1, -0.05) is 13.0 Å². The van der Waals surface area contributed by atoms with Crippen molar-refractivity contribution in [2.45, 2.75) is 38.8 Å². The minimum atomic E-state index is -1.38. The Balaban J connectivity index is 1.43. The van der Waals surface area contributed by atoms with E-state index in [1.54, 1.807) is 29.9 Å². The Morgan fingerprint density at radius 3 is 2.64 bits per heavy atom. The van der Waals surface area contributed by atoms with Gasteiger partial charge in [0, 0.05) is 31.7 Å². The van der Waals surface area contributed by atoms with E-state index >= 15 is 0 Å². The number of hydrogen-bond donors (Lipinski definition) is 2. The molecule has 2 aromatic carbocycles. The number of H-pyrrole nitrogens is 1. The number of hydrogen-bond acceptors (Lipinski definition) is 6. The van der Waals surface area contributed by atoms with Gasteiger partial charge < -0.3 is 24.3 Å². The molecule has 1 fully saturated rings. The number of methoxy groups -OCH3 is 1. The van der Waals surface area contributed by atoms with Crippen molar-refractivity contribution in [3.8, 4) is 17.2 Å². The van der Waals surface area contributed by atoms with Gasteiger partial charge in [-0.25, -0.2) is 9.59 Å². The van der Waals surface area contributed by atoms with Crippen molar-refractivity contribution in [2.24, 2.45) is 0 Å². The summed E-state index contributed by atoms with van der Waals surface area (Å²) in [6.07, 6.45) is 1.23. The topological polar surface area (TPSA) is 106 Å². The average Bonchev–Trinajstić information content (AvgIpc) is 3.13. The molecule has 1 aromatic heterocycles. The molecule has 0 unspecified atom stereocenters. The fraction of sp³-hybridized carbons (Fsp3) is 0.417. The quantitative estimate of drug-likeness (QED) is 0.390. The summed E-state index contributed by atoms with van der Waals surface area (Å²) >= 11 is 0. The van der Waals surface area contributed by atoms with Crippen LogP contribution in [-0.2, 0) is 6.54 Å². The van der Waals surface area contributed by atoms with E-state index < -0.39 is 6.16 Å². The molecule has 33 heavy (non-hydrogen) atoms. The monoisotopic (exact) mass is 455 g/mol. The van der Waals surface area contributed by atoms with Crippen LogP contribution in [0.1, 0.15) is 37.8 Å². The molecule has 1 saturated heterocycles. The van der Waals surface area contributed by atoms with E-state index in [4.69, 9.17) is 19.3 Å². The fourth-order valence-corrected chi connectivity index (χ4v) is 4.38. The molecular formula is C24H29N3O6. The van der Waals surface area contributed by atoms with Crippen LogP contribution in [-0.4, -0.2) is 52.5 Å². The number of fused-ring (bicyclic) bond motifs is 1. The van der Waals surface area contributed by atoms with Crippen molar-refractivity contribution < 1.29 is 24.1 Å². The number of nitrogens with zero attached hydrogens (tertiary/aromatic N) is 2. The van der Waals surface area contributed by atoms with E-state index in [1.807, 2.05) is 12.1 Å². The third kappa shape index (κ3) is 5.14. The highest BCUT2D eigenvalue weighted by Crippen LogP contribution is 2.31. The van der Waals surface area contributed by atoms with E-state index in [0.29, 0.717) is 12.1 Å².